The molecule has 0 aromatic heterocycles. The summed E-state index contributed by atoms with van der Waals surface area (Å²) in [6.07, 6.45) is 0.858. The van der Waals surface area contributed by atoms with Crippen LogP contribution >= 0.6 is 0 Å². The molecule has 0 radical (unpaired) electrons. The molecule has 0 aliphatic rings. The van der Waals surface area contributed by atoms with Crippen LogP contribution in [0, 0.1) is 0 Å². The highest BCUT2D eigenvalue weighted by Crippen LogP contribution is 2.19. The molecule has 1 atom stereocenters. The van der Waals surface area contributed by atoms with Crippen LogP contribution < -0.4 is 4.74 Å². The van der Waals surface area contributed by atoms with E-state index in [0.717, 1.165) is 12.0 Å². The van der Waals surface area contributed by atoms with Crippen LogP contribution in [0.15, 0.2) is 54.6 Å². The molecular weight excluding hydrogens is 330 g/mol. The Kier molecular flexibility index (Phi) is 7.21. The lowest BCUT2D eigenvalue weighted by Crippen LogP contribution is -2.37. The minimum Gasteiger partial charge on any atom is -0.482 e. The van der Waals surface area contributed by atoms with Gasteiger partial charge in [-0.3, -0.25) is 4.79 Å². The van der Waals surface area contributed by atoms with Crippen LogP contribution in [-0.2, 0) is 16.1 Å². The molecule has 0 aliphatic carbocycles. The lowest BCUT2D eigenvalue weighted by Gasteiger charge is -2.29. The van der Waals surface area contributed by atoms with E-state index in [9.17, 15) is 9.59 Å². The van der Waals surface area contributed by atoms with Gasteiger partial charge >= 0.3 is 5.97 Å². The summed E-state index contributed by atoms with van der Waals surface area (Å²) in [5.74, 6) is -0.0659. The first kappa shape index (κ1) is 19.5. The molecule has 0 bridgehead atoms. The summed E-state index contributed by atoms with van der Waals surface area (Å²) in [6.45, 7) is 4.46. The number of ether oxygens (including phenoxy) is 2. The van der Waals surface area contributed by atoms with Crippen LogP contribution in [0.3, 0.4) is 0 Å². The molecule has 1 amide bonds. The van der Waals surface area contributed by atoms with Crippen molar-refractivity contribution >= 4 is 11.9 Å². The van der Waals surface area contributed by atoms with Crippen molar-refractivity contribution in [1.29, 1.82) is 0 Å². The summed E-state index contributed by atoms with van der Waals surface area (Å²) in [6, 6.07) is 16.9. The number of benzene rings is 2. The number of amides is 1. The van der Waals surface area contributed by atoms with E-state index in [4.69, 9.17) is 4.74 Å². The van der Waals surface area contributed by atoms with Gasteiger partial charge in [-0.25, -0.2) is 4.79 Å². The van der Waals surface area contributed by atoms with Gasteiger partial charge in [-0.1, -0.05) is 43.3 Å². The highest BCUT2D eigenvalue weighted by Gasteiger charge is 2.21. The quantitative estimate of drug-likeness (QED) is 0.678. The maximum atomic E-state index is 13.1. The van der Waals surface area contributed by atoms with Gasteiger partial charge in [0.25, 0.3) is 5.91 Å². The number of esters is 1. The van der Waals surface area contributed by atoms with E-state index in [1.165, 1.54) is 7.11 Å². The Morgan fingerprint density at radius 1 is 1.08 bits per heavy atom. The Balaban J connectivity index is 2.18. The molecular formula is C21H25NO4. The predicted octanol–water partition coefficient (Wildman–Crippen LogP) is 3.68. The Hall–Kier alpha value is -2.82. The standard InChI is InChI=1S/C21H25NO4/c1-4-16(2)22(14-17-9-6-5-7-10-17)21(24)18-11-8-12-19(13-18)26-15-20(23)25-3/h5-13,16H,4,14-15H2,1-3H3. The maximum Gasteiger partial charge on any atom is 0.343 e. The Labute approximate surface area is 154 Å². The van der Waals surface area contributed by atoms with Crippen LogP contribution in [-0.4, -0.2) is 36.5 Å². The van der Waals surface area contributed by atoms with E-state index < -0.39 is 5.97 Å². The van der Waals surface area contributed by atoms with Crippen molar-refractivity contribution in [3.63, 3.8) is 0 Å². The molecule has 2 aromatic rings. The number of carbonyl (C=O) groups excluding carboxylic acids is 2. The van der Waals surface area contributed by atoms with Crippen LogP contribution in [0.5, 0.6) is 5.75 Å². The average molecular weight is 355 g/mol. The Bertz CT molecular complexity index is 730. The van der Waals surface area contributed by atoms with Crippen molar-refractivity contribution in [1.82, 2.24) is 4.90 Å². The smallest absolute Gasteiger partial charge is 0.343 e. The number of hydrogen-bond acceptors (Lipinski definition) is 4. The molecule has 2 aromatic carbocycles. The van der Waals surface area contributed by atoms with E-state index in [1.54, 1.807) is 24.3 Å². The number of carbonyl (C=O) groups is 2. The normalized spacial score (nSPS) is 11.5. The number of rotatable bonds is 8. The van der Waals surface area contributed by atoms with Crippen molar-refractivity contribution in [2.75, 3.05) is 13.7 Å². The molecule has 0 aliphatic heterocycles. The van der Waals surface area contributed by atoms with Gasteiger partial charge in [-0.2, -0.15) is 0 Å². The molecule has 0 saturated heterocycles. The Morgan fingerprint density at radius 3 is 2.46 bits per heavy atom. The highest BCUT2D eigenvalue weighted by atomic mass is 16.6. The second-order valence-electron chi connectivity index (χ2n) is 6.07. The van der Waals surface area contributed by atoms with Crippen LogP contribution in [0.1, 0.15) is 36.2 Å². The largest absolute Gasteiger partial charge is 0.482 e. The van der Waals surface area contributed by atoms with Gasteiger partial charge in [-0.05, 0) is 37.1 Å². The fourth-order valence-electron chi connectivity index (χ4n) is 2.51. The van der Waals surface area contributed by atoms with Crippen molar-refractivity contribution in [3.8, 4) is 5.75 Å². The van der Waals surface area contributed by atoms with E-state index in [1.807, 2.05) is 42.2 Å². The summed E-state index contributed by atoms with van der Waals surface area (Å²) in [4.78, 5) is 26.2. The van der Waals surface area contributed by atoms with Gasteiger partial charge in [0.2, 0.25) is 0 Å². The second-order valence-corrected chi connectivity index (χ2v) is 6.07. The summed E-state index contributed by atoms with van der Waals surface area (Å²) in [5.41, 5.74) is 1.61. The van der Waals surface area contributed by atoms with Gasteiger partial charge in [0.15, 0.2) is 6.61 Å². The number of hydrogen-bond donors (Lipinski definition) is 0. The summed E-state index contributed by atoms with van der Waals surface area (Å²) < 4.78 is 9.95. The average Bonchev–Trinajstić information content (AvgIpc) is 2.70. The summed E-state index contributed by atoms with van der Waals surface area (Å²) in [7, 11) is 1.30. The molecule has 26 heavy (non-hydrogen) atoms. The molecule has 1 unspecified atom stereocenters. The topological polar surface area (TPSA) is 55.8 Å². The second kappa shape index (κ2) is 9.61. The van der Waals surface area contributed by atoms with E-state index in [2.05, 4.69) is 11.7 Å². The van der Waals surface area contributed by atoms with E-state index >= 15 is 0 Å². The highest BCUT2D eigenvalue weighted by molar-refractivity contribution is 5.94. The van der Waals surface area contributed by atoms with Gasteiger partial charge in [0.1, 0.15) is 5.75 Å². The molecule has 138 valence electrons. The fraction of sp³-hybridized carbons (Fsp3) is 0.333. The molecule has 0 heterocycles. The van der Waals surface area contributed by atoms with Crippen LogP contribution in [0.2, 0.25) is 0 Å². The third-order valence-electron chi connectivity index (χ3n) is 4.24. The predicted molar refractivity (Wildman–Crippen MR) is 100 cm³/mol. The van der Waals surface area contributed by atoms with Crippen LogP contribution in [0.4, 0.5) is 0 Å². The van der Waals surface area contributed by atoms with E-state index in [0.29, 0.717) is 17.9 Å². The molecule has 0 fully saturated rings. The number of methoxy groups -OCH3 is 1. The molecule has 2 rings (SSSR count). The third kappa shape index (κ3) is 5.34. The van der Waals surface area contributed by atoms with Crippen molar-refractivity contribution in [2.24, 2.45) is 0 Å². The zero-order valence-corrected chi connectivity index (χ0v) is 15.5. The van der Waals surface area contributed by atoms with Crippen molar-refractivity contribution in [3.05, 3.63) is 65.7 Å². The van der Waals surface area contributed by atoms with Crippen LogP contribution in [0.25, 0.3) is 0 Å². The molecule has 5 nitrogen and oxygen atoms in total. The van der Waals surface area contributed by atoms with E-state index in [-0.39, 0.29) is 18.6 Å². The first-order valence-corrected chi connectivity index (χ1v) is 8.69. The summed E-state index contributed by atoms with van der Waals surface area (Å²) in [5, 5.41) is 0. The zero-order chi connectivity index (χ0) is 18.9. The summed E-state index contributed by atoms with van der Waals surface area (Å²) >= 11 is 0. The molecule has 0 saturated carbocycles. The maximum absolute atomic E-state index is 13.1. The molecule has 0 N–H and O–H groups in total. The zero-order valence-electron chi connectivity index (χ0n) is 15.5. The Morgan fingerprint density at radius 2 is 1.81 bits per heavy atom. The first-order chi connectivity index (χ1) is 12.5. The lowest BCUT2D eigenvalue weighted by molar-refractivity contribution is -0.142. The molecule has 5 heteroatoms. The monoisotopic (exact) mass is 355 g/mol. The van der Waals surface area contributed by atoms with Gasteiger partial charge in [0.05, 0.1) is 7.11 Å². The molecule has 0 spiro atoms. The minimum atomic E-state index is -0.466. The first-order valence-electron chi connectivity index (χ1n) is 8.69. The number of nitrogens with zero attached hydrogens (tertiary/aromatic N) is 1. The fourth-order valence-corrected chi connectivity index (χ4v) is 2.51. The van der Waals surface area contributed by atoms with Crippen molar-refractivity contribution in [2.45, 2.75) is 32.9 Å². The van der Waals surface area contributed by atoms with Gasteiger partial charge in [0, 0.05) is 18.2 Å². The van der Waals surface area contributed by atoms with Gasteiger partial charge in [-0.15, -0.1) is 0 Å². The minimum absolute atomic E-state index is 0.0632. The SMILES string of the molecule is CCC(C)N(Cc1ccccc1)C(=O)c1cccc(OCC(=O)OC)c1. The lowest BCUT2D eigenvalue weighted by atomic mass is 10.1. The van der Waals surface area contributed by atoms with Gasteiger partial charge < -0.3 is 14.4 Å². The van der Waals surface area contributed by atoms with Crippen molar-refractivity contribution < 1.29 is 19.1 Å². The third-order valence-corrected chi connectivity index (χ3v) is 4.24.